The molecule has 1 atom stereocenters. The summed E-state index contributed by atoms with van der Waals surface area (Å²) in [5.74, 6) is 0.0237. The smallest absolute Gasteiger partial charge is 0.244 e. The first kappa shape index (κ1) is 21.5. The highest BCUT2D eigenvalue weighted by Gasteiger charge is 2.25. The van der Waals surface area contributed by atoms with Crippen molar-refractivity contribution in [2.24, 2.45) is 5.73 Å². The average Bonchev–Trinajstić information content (AvgIpc) is 2.63. The van der Waals surface area contributed by atoms with Crippen LogP contribution in [-0.2, 0) is 11.3 Å². The summed E-state index contributed by atoms with van der Waals surface area (Å²) in [7, 11) is 0. The number of hydrogen-bond acceptors (Lipinski definition) is 3. The molecule has 2 aromatic carbocycles. The van der Waals surface area contributed by atoms with Gasteiger partial charge in [0.05, 0.1) is 0 Å². The highest BCUT2D eigenvalue weighted by molar-refractivity contribution is 5.85. The fourth-order valence-corrected chi connectivity index (χ4v) is 2.97. The lowest BCUT2D eigenvalue weighted by atomic mass is 10.1. The van der Waals surface area contributed by atoms with Crippen LogP contribution in [0.4, 0.5) is 0 Å². The maximum Gasteiger partial charge on any atom is 0.244 e. The van der Waals surface area contributed by atoms with Crippen molar-refractivity contribution in [3.05, 3.63) is 71.8 Å². The zero-order valence-corrected chi connectivity index (χ0v) is 15.7. The Bertz CT molecular complexity index is 632. The summed E-state index contributed by atoms with van der Waals surface area (Å²) in [6.45, 7) is 4.20. The summed E-state index contributed by atoms with van der Waals surface area (Å²) >= 11 is 0. The third kappa shape index (κ3) is 5.72. The van der Waals surface area contributed by atoms with Crippen molar-refractivity contribution in [3.63, 3.8) is 0 Å². The van der Waals surface area contributed by atoms with Crippen LogP contribution in [0.3, 0.4) is 0 Å². The maximum absolute atomic E-state index is 12.5. The SMILES string of the molecule is Cl.Cl.NC(C(=O)N1CCN(Cc2ccccc2)CC1)c1ccccc1. The van der Waals surface area contributed by atoms with Crippen molar-refractivity contribution in [1.82, 2.24) is 9.80 Å². The lowest BCUT2D eigenvalue weighted by molar-refractivity contribution is -0.134. The molecule has 0 radical (unpaired) electrons. The number of carbonyl (C=O) groups excluding carboxylic acids is 1. The summed E-state index contributed by atoms with van der Waals surface area (Å²) < 4.78 is 0. The van der Waals surface area contributed by atoms with E-state index in [0.717, 1.165) is 38.3 Å². The number of hydrogen-bond donors (Lipinski definition) is 1. The fourth-order valence-electron chi connectivity index (χ4n) is 2.97. The molecule has 0 spiro atoms. The van der Waals surface area contributed by atoms with Crippen LogP contribution < -0.4 is 5.73 Å². The highest BCUT2D eigenvalue weighted by atomic mass is 35.5. The zero-order valence-electron chi connectivity index (χ0n) is 14.1. The predicted octanol–water partition coefficient (Wildman–Crippen LogP) is 2.87. The first-order valence-electron chi connectivity index (χ1n) is 8.09. The Labute approximate surface area is 161 Å². The Morgan fingerprint density at radius 1 is 0.880 bits per heavy atom. The van der Waals surface area contributed by atoms with Crippen molar-refractivity contribution in [3.8, 4) is 0 Å². The normalized spacial score (nSPS) is 15.6. The Kier molecular flexibility index (Phi) is 8.93. The van der Waals surface area contributed by atoms with Gasteiger partial charge in [-0.1, -0.05) is 60.7 Å². The molecule has 1 saturated heterocycles. The second-order valence-electron chi connectivity index (χ2n) is 5.98. The first-order valence-corrected chi connectivity index (χ1v) is 8.09. The van der Waals surface area contributed by atoms with E-state index >= 15 is 0 Å². The van der Waals surface area contributed by atoms with Gasteiger partial charge < -0.3 is 10.6 Å². The second kappa shape index (κ2) is 10.4. The number of amides is 1. The largest absolute Gasteiger partial charge is 0.338 e. The van der Waals surface area contributed by atoms with Gasteiger partial charge in [-0.25, -0.2) is 0 Å². The summed E-state index contributed by atoms with van der Waals surface area (Å²) in [6, 6.07) is 19.5. The van der Waals surface area contributed by atoms with E-state index in [1.165, 1.54) is 5.56 Å². The molecular formula is C19H25Cl2N3O. The second-order valence-corrected chi connectivity index (χ2v) is 5.98. The Morgan fingerprint density at radius 3 is 1.96 bits per heavy atom. The molecule has 1 unspecified atom stereocenters. The third-order valence-corrected chi connectivity index (χ3v) is 4.36. The summed E-state index contributed by atoms with van der Waals surface area (Å²) in [6.07, 6.45) is 0. The number of carbonyl (C=O) groups is 1. The van der Waals surface area contributed by atoms with E-state index in [4.69, 9.17) is 5.73 Å². The first-order chi connectivity index (χ1) is 11.2. The van der Waals surface area contributed by atoms with E-state index in [0.29, 0.717) is 0 Å². The molecule has 0 aromatic heterocycles. The monoisotopic (exact) mass is 381 g/mol. The van der Waals surface area contributed by atoms with Gasteiger partial charge in [0.25, 0.3) is 0 Å². The van der Waals surface area contributed by atoms with Crippen molar-refractivity contribution < 1.29 is 4.79 Å². The summed E-state index contributed by atoms with van der Waals surface area (Å²) in [5.41, 5.74) is 8.31. The van der Waals surface area contributed by atoms with Crippen LogP contribution in [0.15, 0.2) is 60.7 Å². The summed E-state index contributed by atoms with van der Waals surface area (Å²) in [4.78, 5) is 16.8. The van der Waals surface area contributed by atoms with Crippen molar-refractivity contribution >= 4 is 30.7 Å². The molecule has 4 nitrogen and oxygen atoms in total. The molecule has 1 amide bonds. The standard InChI is InChI=1S/C19H23N3O.2ClH/c20-18(17-9-5-2-6-10-17)19(23)22-13-11-21(12-14-22)15-16-7-3-1-4-8-16;;/h1-10,18H,11-15,20H2;2*1H. The number of halogens is 2. The van der Waals surface area contributed by atoms with Gasteiger partial charge in [-0.15, -0.1) is 24.8 Å². The van der Waals surface area contributed by atoms with Gasteiger partial charge in [0.2, 0.25) is 5.91 Å². The quantitative estimate of drug-likeness (QED) is 0.885. The van der Waals surface area contributed by atoms with Crippen LogP contribution in [0.2, 0.25) is 0 Å². The summed E-state index contributed by atoms with van der Waals surface area (Å²) in [5, 5.41) is 0. The third-order valence-electron chi connectivity index (χ3n) is 4.36. The van der Waals surface area contributed by atoms with Gasteiger partial charge in [-0.2, -0.15) is 0 Å². The minimum absolute atomic E-state index is 0. The number of piperazine rings is 1. The molecule has 1 aliphatic heterocycles. The molecule has 1 fully saturated rings. The molecule has 0 aliphatic carbocycles. The Hall–Kier alpha value is -1.59. The van der Waals surface area contributed by atoms with Crippen molar-refractivity contribution in [2.75, 3.05) is 26.2 Å². The van der Waals surface area contributed by atoms with E-state index < -0.39 is 6.04 Å². The maximum atomic E-state index is 12.5. The molecule has 1 aliphatic rings. The predicted molar refractivity (Wildman–Crippen MR) is 106 cm³/mol. The molecule has 0 saturated carbocycles. The molecule has 3 rings (SSSR count). The minimum Gasteiger partial charge on any atom is -0.338 e. The van der Waals surface area contributed by atoms with Gasteiger partial charge in [0.15, 0.2) is 0 Å². The van der Waals surface area contributed by atoms with Gasteiger partial charge in [-0.3, -0.25) is 9.69 Å². The molecule has 2 N–H and O–H groups in total. The average molecular weight is 382 g/mol. The van der Waals surface area contributed by atoms with Crippen LogP contribution in [0.25, 0.3) is 0 Å². The van der Waals surface area contributed by atoms with Gasteiger partial charge >= 0.3 is 0 Å². The van der Waals surface area contributed by atoms with Crippen molar-refractivity contribution in [2.45, 2.75) is 12.6 Å². The topological polar surface area (TPSA) is 49.6 Å². The van der Waals surface area contributed by atoms with E-state index in [2.05, 4.69) is 29.2 Å². The molecular weight excluding hydrogens is 357 g/mol. The van der Waals surface area contributed by atoms with E-state index in [1.54, 1.807) is 0 Å². The van der Waals surface area contributed by atoms with Crippen LogP contribution in [0.5, 0.6) is 0 Å². The van der Waals surface area contributed by atoms with Crippen LogP contribution >= 0.6 is 24.8 Å². The number of rotatable bonds is 4. The number of nitrogens with zero attached hydrogens (tertiary/aromatic N) is 2. The zero-order chi connectivity index (χ0) is 16.1. The van der Waals surface area contributed by atoms with Gasteiger partial charge in [-0.05, 0) is 11.1 Å². The Morgan fingerprint density at radius 2 is 1.40 bits per heavy atom. The molecule has 25 heavy (non-hydrogen) atoms. The number of nitrogens with two attached hydrogens (primary N) is 1. The Balaban J connectivity index is 0.00000156. The highest BCUT2D eigenvalue weighted by Crippen LogP contribution is 2.15. The van der Waals surface area contributed by atoms with Gasteiger partial charge in [0.1, 0.15) is 6.04 Å². The van der Waals surface area contributed by atoms with Crippen LogP contribution in [0.1, 0.15) is 17.2 Å². The molecule has 1 heterocycles. The van der Waals surface area contributed by atoms with Crippen molar-refractivity contribution in [1.29, 1.82) is 0 Å². The van der Waals surface area contributed by atoms with Crippen LogP contribution in [0, 0.1) is 0 Å². The van der Waals surface area contributed by atoms with E-state index in [-0.39, 0.29) is 30.7 Å². The minimum atomic E-state index is -0.558. The fraction of sp³-hybridized carbons (Fsp3) is 0.316. The lowest BCUT2D eigenvalue weighted by Gasteiger charge is -2.36. The molecule has 2 aromatic rings. The molecule has 136 valence electrons. The van der Waals surface area contributed by atoms with E-state index in [9.17, 15) is 4.79 Å². The van der Waals surface area contributed by atoms with E-state index in [1.807, 2.05) is 41.3 Å². The molecule has 6 heteroatoms. The van der Waals surface area contributed by atoms with Gasteiger partial charge in [0, 0.05) is 32.7 Å². The van der Waals surface area contributed by atoms with Crippen LogP contribution in [-0.4, -0.2) is 41.9 Å². The molecule has 0 bridgehead atoms. The lowest BCUT2D eigenvalue weighted by Crippen LogP contribution is -2.50. The number of benzene rings is 2.